The molecule has 0 spiro atoms. The van der Waals surface area contributed by atoms with Crippen LogP contribution in [-0.4, -0.2) is 7.05 Å². The maximum Gasteiger partial charge on any atom is 0.123 e. The van der Waals surface area contributed by atoms with Crippen LogP contribution >= 0.6 is 0 Å². The zero-order valence-corrected chi connectivity index (χ0v) is 12.4. The average Bonchev–Trinajstić information content (AvgIpc) is 2.36. The summed E-state index contributed by atoms with van der Waals surface area (Å²) in [6.07, 6.45) is 0. The van der Waals surface area contributed by atoms with Gasteiger partial charge >= 0.3 is 0 Å². The molecule has 0 aromatic heterocycles. The number of nitrogens with zero attached hydrogens (tertiary/aromatic N) is 1. The molecule has 0 saturated carbocycles. The minimum Gasteiger partial charge on any atom is -0.344 e. The first-order valence-corrected chi connectivity index (χ1v) is 6.75. The Labute approximate surface area is 120 Å². The van der Waals surface area contributed by atoms with Crippen molar-refractivity contribution in [1.29, 1.82) is 0 Å². The van der Waals surface area contributed by atoms with Gasteiger partial charge in [-0.05, 0) is 67.8 Å². The zero-order chi connectivity index (χ0) is 14.9. The second kappa shape index (κ2) is 5.63. The first-order valence-electron chi connectivity index (χ1n) is 6.75. The van der Waals surface area contributed by atoms with E-state index >= 15 is 0 Å². The van der Waals surface area contributed by atoms with Gasteiger partial charge in [-0.3, -0.25) is 0 Å². The van der Waals surface area contributed by atoms with Crippen LogP contribution in [0.25, 0.3) is 0 Å². The molecule has 2 rings (SSSR count). The van der Waals surface area contributed by atoms with Gasteiger partial charge in [0, 0.05) is 24.5 Å². The van der Waals surface area contributed by atoms with Gasteiger partial charge in [-0.15, -0.1) is 0 Å². The molecule has 0 saturated heterocycles. The summed E-state index contributed by atoms with van der Waals surface area (Å²) in [4.78, 5) is 2.05. The van der Waals surface area contributed by atoms with Crippen molar-refractivity contribution in [2.45, 2.75) is 26.8 Å². The number of halogens is 1. The molecular formula is C17H21FN2. The molecule has 2 aromatic rings. The molecule has 2 N–H and O–H groups in total. The van der Waals surface area contributed by atoms with Gasteiger partial charge in [0.25, 0.3) is 0 Å². The molecule has 0 bridgehead atoms. The van der Waals surface area contributed by atoms with Crippen molar-refractivity contribution in [1.82, 2.24) is 0 Å². The van der Waals surface area contributed by atoms with E-state index in [4.69, 9.17) is 5.73 Å². The molecular weight excluding hydrogens is 251 g/mol. The van der Waals surface area contributed by atoms with Gasteiger partial charge in [0.1, 0.15) is 5.82 Å². The molecule has 0 fully saturated rings. The van der Waals surface area contributed by atoms with Crippen LogP contribution in [0.15, 0.2) is 36.4 Å². The first-order chi connectivity index (χ1) is 9.38. The second-order valence-corrected chi connectivity index (χ2v) is 5.40. The number of rotatable bonds is 3. The van der Waals surface area contributed by atoms with Gasteiger partial charge in [-0.2, -0.15) is 0 Å². The Hall–Kier alpha value is -1.87. The van der Waals surface area contributed by atoms with Gasteiger partial charge in [0.2, 0.25) is 0 Å². The molecule has 106 valence electrons. The number of hydrogen-bond donors (Lipinski definition) is 1. The largest absolute Gasteiger partial charge is 0.344 e. The molecule has 2 aromatic carbocycles. The van der Waals surface area contributed by atoms with E-state index in [0.717, 1.165) is 16.9 Å². The van der Waals surface area contributed by atoms with Gasteiger partial charge in [0.15, 0.2) is 0 Å². The fraction of sp³-hybridized carbons (Fsp3) is 0.294. The van der Waals surface area contributed by atoms with Gasteiger partial charge < -0.3 is 10.6 Å². The van der Waals surface area contributed by atoms with E-state index < -0.39 is 0 Å². The molecule has 1 atom stereocenters. The zero-order valence-electron chi connectivity index (χ0n) is 12.4. The number of nitrogens with two attached hydrogens (primary N) is 1. The van der Waals surface area contributed by atoms with Crippen molar-refractivity contribution in [3.8, 4) is 0 Å². The van der Waals surface area contributed by atoms with Crippen molar-refractivity contribution >= 4 is 11.4 Å². The molecule has 20 heavy (non-hydrogen) atoms. The Bertz CT molecular complexity index is 600. The minimum absolute atomic E-state index is 0.214. The maximum absolute atomic E-state index is 13.4. The third-order valence-corrected chi connectivity index (χ3v) is 3.44. The molecule has 0 radical (unpaired) electrons. The standard InChI is InChI=1S/C17H21FN2/c1-11-7-12(2)9-15(8-11)20(4)17-6-5-14(18)10-16(17)13(3)19/h5-10,13H,19H2,1-4H3/t13-/m0/s1. The lowest BCUT2D eigenvalue weighted by molar-refractivity contribution is 0.622. The first kappa shape index (κ1) is 14.5. The second-order valence-electron chi connectivity index (χ2n) is 5.40. The highest BCUT2D eigenvalue weighted by atomic mass is 19.1. The highest BCUT2D eigenvalue weighted by Gasteiger charge is 2.13. The SMILES string of the molecule is Cc1cc(C)cc(N(C)c2ccc(F)cc2[C@H](C)N)c1. The summed E-state index contributed by atoms with van der Waals surface area (Å²) in [7, 11) is 1.98. The predicted molar refractivity (Wildman–Crippen MR) is 83.0 cm³/mol. The summed E-state index contributed by atoms with van der Waals surface area (Å²) in [6.45, 7) is 6.01. The van der Waals surface area contributed by atoms with Crippen LogP contribution in [0.5, 0.6) is 0 Å². The molecule has 0 aliphatic rings. The number of anilines is 2. The monoisotopic (exact) mass is 272 g/mol. The summed E-state index contributed by atoms with van der Waals surface area (Å²) >= 11 is 0. The molecule has 0 unspecified atom stereocenters. The summed E-state index contributed by atoms with van der Waals surface area (Å²) in [5, 5.41) is 0. The summed E-state index contributed by atoms with van der Waals surface area (Å²) < 4.78 is 13.4. The van der Waals surface area contributed by atoms with Gasteiger partial charge in [-0.1, -0.05) is 6.07 Å². The van der Waals surface area contributed by atoms with Crippen LogP contribution in [0.4, 0.5) is 15.8 Å². The number of aryl methyl sites for hydroxylation is 2. The van der Waals surface area contributed by atoms with Crippen LogP contribution in [0.1, 0.15) is 29.7 Å². The lowest BCUT2D eigenvalue weighted by Crippen LogP contribution is -2.16. The third kappa shape index (κ3) is 2.99. The Balaban J connectivity index is 2.50. The summed E-state index contributed by atoms with van der Waals surface area (Å²) in [6, 6.07) is 10.9. The molecule has 0 amide bonds. The summed E-state index contributed by atoms with van der Waals surface area (Å²) in [5.41, 5.74) is 11.2. The molecule has 2 nitrogen and oxygen atoms in total. The smallest absolute Gasteiger partial charge is 0.123 e. The Morgan fingerprint density at radius 1 is 1.05 bits per heavy atom. The summed E-state index contributed by atoms with van der Waals surface area (Å²) in [5.74, 6) is -0.255. The topological polar surface area (TPSA) is 29.3 Å². The number of benzene rings is 2. The van der Waals surface area contributed by atoms with Crippen LogP contribution < -0.4 is 10.6 Å². The van der Waals surface area contributed by atoms with E-state index in [-0.39, 0.29) is 11.9 Å². The molecule has 0 heterocycles. The molecule has 3 heteroatoms. The Morgan fingerprint density at radius 2 is 1.65 bits per heavy atom. The van der Waals surface area contributed by atoms with Crippen LogP contribution in [0.3, 0.4) is 0 Å². The van der Waals surface area contributed by atoms with Gasteiger partial charge in [0.05, 0.1) is 0 Å². The molecule has 0 aliphatic heterocycles. The Kier molecular flexibility index (Phi) is 4.09. The predicted octanol–water partition coefficient (Wildman–Crippen LogP) is 4.23. The van der Waals surface area contributed by atoms with Crippen LogP contribution in [0, 0.1) is 19.7 Å². The Morgan fingerprint density at radius 3 is 2.20 bits per heavy atom. The van der Waals surface area contributed by atoms with Crippen LogP contribution in [-0.2, 0) is 0 Å². The van der Waals surface area contributed by atoms with E-state index in [0.29, 0.717) is 0 Å². The molecule has 0 aliphatic carbocycles. The van der Waals surface area contributed by atoms with E-state index in [2.05, 4.69) is 36.9 Å². The lowest BCUT2D eigenvalue weighted by Gasteiger charge is -2.25. The van der Waals surface area contributed by atoms with Gasteiger partial charge in [-0.25, -0.2) is 4.39 Å². The van der Waals surface area contributed by atoms with Crippen molar-refractivity contribution < 1.29 is 4.39 Å². The quantitative estimate of drug-likeness (QED) is 0.906. The number of hydrogen-bond acceptors (Lipinski definition) is 2. The third-order valence-electron chi connectivity index (χ3n) is 3.44. The van der Waals surface area contributed by atoms with Crippen molar-refractivity contribution in [2.75, 3.05) is 11.9 Å². The van der Waals surface area contributed by atoms with Crippen molar-refractivity contribution in [3.05, 3.63) is 58.9 Å². The fourth-order valence-corrected chi connectivity index (χ4v) is 2.48. The normalized spacial score (nSPS) is 12.3. The minimum atomic E-state index is -0.255. The highest BCUT2D eigenvalue weighted by molar-refractivity contribution is 5.67. The van der Waals surface area contributed by atoms with Crippen LogP contribution in [0.2, 0.25) is 0 Å². The average molecular weight is 272 g/mol. The highest BCUT2D eigenvalue weighted by Crippen LogP contribution is 2.31. The fourth-order valence-electron chi connectivity index (χ4n) is 2.48. The maximum atomic E-state index is 13.4. The lowest BCUT2D eigenvalue weighted by atomic mass is 10.0. The van der Waals surface area contributed by atoms with Crippen molar-refractivity contribution in [2.24, 2.45) is 5.73 Å². The van der Waals surface area contributed by atoms with E-state index in [1.807, 2.05) is 14.0 Å². The van der Waals surface area contributed by atoms with E-state index in [1.54, 1.807) is 6.07 Å². The van der Waals surface area contributed by atoms with E-state index in [9.17, 15) is 4.39 Å². The van der Waals surface area contributed by atoms with E-state index in [1.165, 1.54) is 23.3 Å². The van der Waals surface area contributed by atoms with Crippen molar-refractivity contribution in [3.63, 3.8) is 0 Å².